The summed E-state index contributed by atoms with van der Waals surface area (Å²) in [4.78, 5) is 22.4. The third-order valence-electron chi connectivity index (χ3n) is 10.9. The minimum Gasteiger partial charge on any atom is -0.481 e. The summed E-state index contributed by atoms with van der Waals surface area (Å²) < 4.78 is 5.45. The molecule has 0 amide bonds. The van der Waals surface area contributed by atoms with E-state index in [-0.39, 0.29) is 5.97 Å². The van der Waals surface area contributed by atoms with Gasteiger partial charge in [-0.3, -0.25) is 9.59 Å². The molecule has 0 aliphatic rings. The highest BCUT2D eigenvalue weighted by atomic mass is 16.5. The molecular weight excluding hydrogens is 641 g/mol. The predicted molar refractivity (Wildman–Crippen MR) is 227 cm³/mol. The Balaban J connectivity index is 3.13. The number of carboxylic acid groups (broad SMARTS) is 1. The minimum absolute atomic E-state index is 0.0113. The van der Waals surface area contributed by atoms with E-state index in [1.807, 2.05) is 0 Å². The van der Waals surface area contributed by atoms with Crippen molar-refractivity contribution in [1.82, 2.24) is 0 Å². The van der Waals surface area contributed by atoms with Gasteiger partial charge in [0.1, 0.15) is 0 Å². The Bertz CT molecular complexity index is 732. The van der Waals surface area contributed by atoms with Gasteiger partial charge in [-0.2, -0.15) is 0 Å². The lowest BCUT2D eigenvalue weighted by Crippen LogP contribution is -2.05. The Kier molecular flexibility index (Phi) is 44.7. The molecule has 0 saturated carbocycles. The van der Waals surface area contributed by atoms with E-state index in [4.69, 9.17) is 9.84 Å². The molecule has 0 aromatic rings. The van der Waals surface area contributed by atoms with Crippen LogP contribution in [0.4, 0.5) is 0 Å². The summed E-state index contributed by atoms with van der Waals surface area (Å²) in [7, 11) is 0. The van der Waals surface area contributed by atoms with Crippen LogP contribution in [0.1, 0.15) is 277 Å². The number of carbonyl (C=O) groups excluding carboxylic acids is 1. The zero-order chi connectivity index (χ0) is 37.7. The molecule has 0 fully saturated rings. The Hall–Kier alpha value is -1.32. The van der Waals surface area contributed by atoms with Gasteiger partial charge in [0.15, 0.2) is 0 Å². The van der Waals surface area contributed by atoms with Gasteiger partial charge in [-0.05, 0) is 38.5 Å². The van der Waals surface area contributed by atoms with Crippen LogP contribution in [0.3, 0.4) is 0 Å². The van der Waals surface area contributed by atoms with Gasteiger partial charge in [0.2, 0.25) is 0 Å². The highest BCUT2D eigenvalue weighted by Gasteiger charge is 2.03. The van der Waals surface area contributed by atoms with E-state index in [0.29, 0.717) is 19.4 Å². The number of carbonyl (C=O) groups is 2. The molecule has 0 aliphatic carbocycles. The van der Waals surface area contributed by atoms with Crippen molar-refractivity contribution in [2.24, 2.45) is 0 Å². The van der Waals surface area contributed by atoms with Crippen LogP contribution in [0.15, 0.2) is 12.2 Å². The molecule has 1 N–H and O–H groups in total. The Morgan fingerprint density at radius 1 is 0.365 bits per heavy atom. The van der Waals surface area contributed by atoms with Gasteiger partial charge in [-0.15, -0.1) is 0 Å². The fourth-order valence-electron chi connectivity index (χ4n) is 7.38. The molecule has 308 valence electrons. The number of carboxylic acids is 1. The molecule has 0 heterocycles. The van der Waals surface area contributed by atoms with Crippen molar-refractivity contribution >= 4 is 11.9 Å². The smallest absolute Gasteiger partial charge is 0.305 e. The Morgan fingerprint density at radius 3 is 0.962 bits per heavy atom. The lowest BCUT2D eigenvalue weighted by Gasteiger charge is -2.06. The second kappa shape index (κ2) is 45.8. The van der Waals surface area contributed by atoms with E-state index in [9.17, 15) is 9.59 Å². The van der Waals surface area contributed by atoms with Crippen molar-refractivity contribution in [3.63, 3.8) is 0 Å². The molecular formula is C48H92O4. The molecule has 4 nitrogen and oxygen atoms in total. The average molecular weight is 733 g/mol. The van der Waals surface area contributed by atoms with E-state index in [1.165, 1.54) is 225 Å². The molecule has 0 radical (unpaired) electrons. The highest BCUT2D eigenvalue weighted by Crippen LogP contribution is 2.17. The van der Waals surface area contributed by atoms with E-state index >= 15 is 0 Å². The van der Waals surface area contributed by atoms with Crippen LogP contribution in [-0.4, -0.2) is 23.7 Å². The summed E-state index contributed by atoms with van der Waals surface area (Å²) in [5, 5.41) is 8.66. The number of aliphatic carboxylic acids is 1. The molecule has 0 aromatic carbocycles. The topological polar surface area (TPSA) is 63.6 Å². The monoisotopic (exact) mass is 733 g/mol. The summed E-state index contributed by atoms with van der Waals surface area (Å²) >= 11 is 0. The summed E-state index contributed by atoms with van der Waals surface area (Å²) in [6.07, 6.45) is 58.6. The molecule has 0 unspecified atom stereocenters. The summed E-state index contributed by atoms with van der Waals surface area (Å²) in [6.45, 7) is 2.86. The zero-order valence-electron chi connectivity index (χ0n) is 35.2. The van der Waals surface area contributed by atoms with Crippen molar-refractivity contribution in [2.75, 3.05) is 6.61 Å². The summed E-state index contributed by atoms with van der Waals surface area (Å²) in [5.74, 6) is -0.641. The number of ether oxygens (including phenoxy) is 1. The quantitative estimate of drug-likeness (QED) is 0.0385. The van der Waals surface area contributed by atoms with Crippen molar-refractivity contribution in [2.45, 2.75) is 277 Å². The summed E-state index contributed by atoms with van der Waals surface area (Å²) in [6, 6.07) is 0. The fourth-order valence-corrected chi connectivity index (χ4v) is 7.38. The lowest BCUT2D eigenvalue weighted by molar-refractivity contribution is -0.144. The van der Waals surface area contributed by atoms with Crippen LogP contribution in [0.25, 0.3) is 0 Å². The first kappa shape index (κ1) is 50.7. The van der Waals surface area contributed by atoms with Crippen LogP contribution in [0.2, 0.25) is 0 Å². The number of unbranched alkanes of at least 4 members (excludes halogenated alkanes) is 37. The first-order chi connectivity index (χ1) is 25.7. The molecule has 0 aliphatic heterocycles. The first-order valence-electron chi connectivity index (χ1n) is 23.7. The van der Waals surface area contributed by atoms with Crippen LogP contribution < -0.4 is 0 Å². The van der Waals surface area contributed by atoms with E-state index in [2.05, 4.69) is 19.1 Å². The van der Waals surface area contributed by atoms with Crippen molar-refractivity contribution in [3.8, 4) is 0 Å². The van der Waals surface area contributed by atoms with Gasteiger partial charge in [-0.25, -0.2) is 0 Å². The lowest BCUT2D eigenvalue weighted by atomic mass is 10.0. The maximum absolute atomic E-state index is 11.9. The molecule has 0 spiro atoms. The van der Waals surface area contributed by atoms with E-state index in [0.717, 1.165) is 32.1 Å². The number of rotatable bonds is 45. The summed E-state index contributed by atoms with van der Waals surface area (Å²) in [5.41, 5.74) is 0. The molecule has 52 heavy (non-hydrogen) atoms. The molecule has 0 atom stereocenters. The Morgan fingerprint density at radius 2 is 0.635 bits per heavy atom. The fraction of sp³-hybridized carbons (Fsp3) is 0.917. The molecule has 0 saturated heterocycles. The average Bonchev–Trinajstić information content (AvgIpc) is 3.13. The van der Waals surface area contributed by atoms with Gasteiger partial charge in [0.05, 0.1) is 6.61 Å². The maximum Gasteiger partial charge on any atom is 0.305 e. The van der Waals surface area contributed by atoms with E-state index in [1.54, 1.807) is 0 Å². The van der Waals surface area contributed by atoms with Gasteiger partial charge in [-0.1, -0.05) is 237 Å². The minimum atomic E-state index is -0.652. The predicted octanol–water partition coefficient (Wildman–Crippen LogP) is 16.6. The first-order valence-corrected chi connectivity index (χ1v) is 23.7. The zero-order valence-corrected chi connectivity index (χ0v) is 35.2. The Labute approximate surface area is 325 Å². The van der Waals surface area contributed by atoms with Crippen molar-refractivity contribution in [1.29, 1.82) is 0 Å². The third-order valence-corrected chi connectivity index (χ3v) is 10.9. The van der Waals surface area contributed by atoms with Crippen molar-refractivity contribution < 1.29 is 19.4 Å². The molecule has 0 aromatic heterocycles. The normalized spacial score (nSPS) is 11.6. The largest absolute Gasteiger partial charge is 0.481 e. The van der Waals surface area contributed by atoms with Crippen molar-refractivity contribution in [3.05, 3.63) is 12.2 Å². The number of hydrogen-bond acceptors (Lipinski definition) is 3. The maximum atomic E-state index is 11.9. The second-order valence-corrected chi connectivity index (χ2v) is 16.2. The van der Waals surface area contributed by atoms with Gasteiger partial charge in [0, 0.05) is 12.8 Å². The standard InChI is InChI=1S/C48H92O4/c1-2-3-4-5-6-7-29-33-36-39-42-45-48(51)52-46-43-40-37-34-31-28-26-24-22-20-18-16-14-12-10-8-9-11-13-15-17-19-21-23-25-27-30-32-35-38-41-44-47(49)50/h5-6H,2-4,7-46H2,1H3,(H,49,50)/b6-5-. The number of allylic oxidation sites excluding steroid dienone is 2. The van der Waals surface area contributed by atoms with Crippen LogP contribution in [-0.2, 0) is 14.3 Å². The molecule has 0 bridgehead atoms. The van der Waals surface area contributed by atoms with E-state index < -0.39 is 5.97 Å². The number of esters is 1. The van der Waals surface area contributed by atoms with Crippen LogP contribution in [0, 0.1) is 0 Å². The van der Waals surface area contributed by atoms with Crippen LogP contribution in [0.5, 0.6) is 0 Å². The highest BCUT2D eigenvalue weighted by molar-refractivity contribution is 5.69. The SMILES string of the molecule is CCCC/C=C\CCCCCCCC(=O)OCCCCCCCCCCCCCCCCCCCCCCCCCCCCCCCCCC(=O)O. The van der Waals surface area contributed by atoms with Gasteiger partial charge >= 0.3 is 11.9 Å². The van der Waals surface area contributed by atoms with Gasteiger partial charge < -0.3 is 9.84 Å². The number of hydrogen-bond donors (Lipinski definition) is 1. The third kappa shape index (κ3) is 46.7. The van der Waals surface area contributed by atoms with Crippen LogP contribution >= 0.6 is 0 Å². The molecule has 4 heteroatoms. The van der Waals surface area contributed by atoms with Gasteiger partial charge in [0.25, 0.3) is 0 Å². The molecule has 0 rings (SSSR count). The second-order valence-electron chi connectivity index (χ2n) is 16.2.